The summed E-state index contributed by atoms with van der Waals surface area (Å²) < 4.78 is 5.28. The number of rotatable bonds is 7. The van der Waals surface area contributed by atoms with Gasteiger partial charge in [0.1, 0.15) is 11.6 Å². The summed E-state index contributed by atoms with van der Waals surface area (Å²) in [5.74, 6) is 3.06. The first-order chi connectivity index (χ1) is 9.74. The van der Waals surface area contributed by atoms with Crippen LogP contribution >= 0.6 is 11.6 Å². The van der Waals surface area contributed by atoms with Gasteiger partial charge < -0.3 is 10.1 Å². The number of nitrogens with one attached hydrogen (secondary N) is 1. The lowest BCUT2D eigenvalue weighted by molar-refractivity contribution is 0.415. The number of fused-ring (bicyclic) bond motifs is 1. The predicted octanol–water partition coefficient (Wildman–Crippen LogP) is 4.31. The average molecular weight is 293 g/mol. The molecule has 0 aliphatic rings. The molecular formula is C16H21ClN2O. The molecule has 0 radical (unpaired) electrons. The maximum Gasteiger partial charge on any atom is 0.133 e. The minimum Gasteiger partial charge on any atom is -0.497 e. The van der Waals surface area contributed by atoms with E-state index in [1.54, 1.807) is 7.11 Å². The van der Waals surface area contributed by atoms with Gasteiger partial charge in [-0.3, -0.25) is 0 Å². The van der Waals surface area contributed by atoms with Gasteiger partial charge in [-0.15, -0.1) is 11.6 Å². The molecule has 0 aliphatic heterocycles. The van der Waals surface area contributed by atoms with Gasteiger partial charge >= 0.3 is 0 Å². The van der Waals surface area contributed by atoms with Crippen molar-refractivity contribution in [3.8, 4) is 5.75 Å². The lowest BCUT2D eigenvalue weighted by Crippen LogP contribution is -2.06. The molecule has 1 aromatic carbocycles. The van der Waals surface area contributed by atoms with Crippen molar-refractivity contribution >= 4 is 28.2 Å². The fourth-order valence-electron chi connectivity index (χ4n) is 2.15. The van der Waals surface area contributed by atoms with E-state index in [0.717, 1.165) is 47.6 Å². The molecule has 1 unspecified atom stereocenters. The normalized spacial score (nSPS) is 12.3. The molecule has 0 spiro atoms. The molecule has 0 saturated carbocycles. The SMILES string of the molecule is COc1ccc2ccnc(NCCCC(C)CCl)c2c1. The van der Waals surface area contributed by atoms with Crippen LogP contribution in [0, 0.1) is 5.92 Å². The van der Waals surface area contributed by atoms with Gasteiger partial charge in [0.05, 0.1) is 7.11 Å². The number of aromatic nitrogens is 1. The van der Waals surface area contributed by atoms with Crippen LogP contribution in [0.1, 0.15) is 19.8 Å². The highest BCUT2D eigenvalue weighted by Gasteiger charge is 2.04. The lowest BCUT2D eigenvalue weighted by atomic mass is 10.1. The highest BCUT2D eigenvalue weighted by molar-refractivity contribution is 6.18. The van der Waals surface area contributed by atoms with Crippen LogP contribution in [0.25, 0.3) is 10.8 Å². The van der Waals surface area contributed by atoms with E-state index < -0.39 is 0 Å². The van der Waals surface area contributed by atoms with E-state index in [9.17, 15) is 0 Å². The Morgan fingerprint density at radius 1 is 1.35 bits per heavy atom. The van der Waals surface area contributed by atoms with Crippen LogP contribution < -0.4 is 10.1 Å². The van der Waals surface area contributed by atoms with E-state index in [1.807, 2.05) is 24.4 Å². The maximum atomic E-state index is 5.81. The van der Waals surface area contributed by atoms with Gasteiger partial charge in [0.15, 0.2) is 0 Å². The monoisotopic (exact) mass is 292 g/mol. The Morgan fingerprint density at radius 3 is 2.95 bits per heavy atom. The number of hydrogen-bond acceptors (Lipinski definition) is 3. The van der Waals surface area contributed by atoms with Crippen molar-refractivity contribution in [1.82, 2.24) is 4.98 Å². The Kier molecular flexibility index (Phi) is 5.48. The summed E-state index contributed by atoms with van der Waals surface area (Å²) in [6.07, 6.45) is 4.05. The van der Waals surface area contributed by atoms with Gasteiger partial charge in [-0.1, -0.05) is 13.0 Å². The van der Waals surface area contributed by atoms with Crippen molar-refractivity contribution in [3.63, 3.8) is 0 Å². The Bertz CT molecular complexity index is 559. The first-order valence-electron chi connectivity index (χ1n) is 6.97. The molecule has 0 bridgehead atoms. The zero-order valence-corrected chi connectivity index (χ0v) is 12.8. The molecule has 0 aliphatic carbocycles. The van der Waals surface area contributed by atoms with Crippen molar-refractivity contribution < 1.29 is 4.74 Å². The summed E-state index contributed by atoms with van der Waals surface area (Å²) in [4.78, 5) is 4.43. The molecule has 20 heavy (non-hydrogen) atoms. The number of nitrogens with zero attached hydrogens (tertiary/aromatic N) is 1. The Hall–Kier alpha value is -1.48. The summed E-state index contributed by atoms with van der Waals surface area (Å²) in [7, 11) is 1.68. The minimum atomic E-state index is 0.569. The molecule has 0 fully saturated rings. The molecule has 1 N–H and O–H groups in total. The zero-order valence-electron chi connectivity index (χ0n) is 12.0. The van der Waals surface area contributed by atoms with Gasteiger partial charge in [0, 0.05) is 24.0 Å². The molecule has 1 heterocycles. The second-order valence-corrected chi connectivity index (χ2v) is 5.38. The van der Waals surface area contributed by atoms with E-state index in [4.69, 9.17) is 16.3 Å². The largest absolute Gasteiger partial charge is 0.497 e. The van der Waals surface area contributed by atoms with Gasteiger partial charge in [0.25, 0.3) is 0 Å². The third-order valence-electron chi connectivity index (χ3n) is 3.40. The van der Waals surface area contributed by atoms with Crippen molar-refractivity contribution in [2.24, 2.45) is 5.92 Å². The Morgan fingerprint density at radius 2 is 2.20 bits per heavy atom. The van der Waals surface area contributed by atoms with E-state index >= 15 is 0 Å². The number of ether oxygens (including phenoxy) is 1. The van der Waals surface area contributed by atoms with Crippen LogP contribution in [-0.4, -0.2) is 24.5 Å². The molecule has 0 saturated heterocycles. The van der Waals surface area contributed by atoms with Gasteiger partial charge in [0.2, 0.25) is 0 Å². The van der Waals surface area contributed by atoms with Crippen molar-refractivity contribution in [2.75, 3.05) is 24.9 Å². The number of anilines is 1. The van der Waals surface area contributed by atoms with Crippen LogP contribution in [0.2, 0.25) is 0 Å². The van der Waals surface area contributed by atoms with Gasteiger partial charge in [-0.25, -0.2) is 4.98 Å². The predicted molar refractivity (Wildman–Crippen MR) is 85.9 cm³/mol. The molecule has 2 rings (SSSR count). The quantitative estimate of drug-likeness (QED) is 0.610. The molecule has 0 amide bonds. The average Bonchev–Trinajstić information content (AvgIpc) is 2.50. The molecule has 3 nitrogen and oxygen atoms in total. The summed E-state index contributed by atoms with van der Waals surface area (Å²) >= 11 is 5.81. The third kappa shape index (κ3) is 3.76. The maximum absolute atomic E-state index is 5.81. The van der Waals surface area contributed by atoms with E-state index in [0.29, 0.717) is 5.92 Å². The summed E-state index contributed by atoms with van der Waals surface area (Å²) in [6.45, 7) is 3.08. The summed E-state index contributed by atoms with van der Waals surface area (Å²) in [5.41, 5.74) is 0. The molecule has 2 aromatic rings. The number of halogens is 1. The van der Waals surface area contributed by atoms with E-state index in [1.165, 1.54) is 0 Å². The van der Waals surface area contributed by atoms with Crippen LogP contribution in [0.4, 0.5) is 5.82 Å². The highest BCUT2D eigenvalue weighted by Crippen LogP contribution is 2.25. The summed E-state index contributed by atoms with van der Waals surface area (Å²) in [5, 5.41) is 5.67. The first kappa shape index (κ1) is 14.9. The molecule has 1 atom stereocenters. The van der Waals surface area contributed by atoms with Crippen LogP contribution in [-0.2, 0) is 0 Å². The number of alkyl halides is 1. The first-order valence-corrected chi connectivity index (χ1v) is 7.50. The summed E-state index contributed by atoms with van der Waals surface area (Å²) in [6, 6.07) is 8.05. The molecule has 108 valence electrons. The van der Waals surface area contributed by atoms with E-state index in [2.05, 4.69) is 23.3 Å². The fraction of sp³-hybridized carbons (Fsp3) is 0.438. The third-order valence-corrected chi connectivity index (χ3v) is 3.93. The Labute approximate surface area is 125 Å². The molecule has 4 heteroatoms. The second kappa shape index (κ2) is 7.34. The number of benzene rings is 1. The van der Waals surface area contributed by atoms with Gasteiger partial charge in [-0.2, -0.15) is 0 Å². The smallest absolute Gasteiger partial charge is 0.133 e. The van der Waals surface area contributed by atoms with Crippen molar-refractivity contribution in [2.45, 2.75) is 19.8 Å². The highest BCUT2D eigenvalue weighted by atomic mass is 35.5. The van der Waals surface area contributed by atoms with E-state index in [-0.39, 0.29) is 0 Å². The van der Waals surface area contributed by atoms with Crippen molar-refractivity contribution in [1.29, 1.82) is 0 Å². The molecule has 1 aromatic heterocycles. The fourth-order valence-corrected chi connectivity index (χ4v) is 2.30. The number of hydrogen-bond donors (Lipinski definition) is 1. The lowest BCUT2D eigenvalue weighted by Gasteiger charge is -2.11. The second-order valence-electron chi connectivity index (χ2n) is 5.08. The topological polar surface area (TPSA) is 34.1 Å². The zero-order chi connectivity index (χ0) is 14.4. The van der Waals surface area contributed by atoms with Crippen molar-refractivity contribution in [3.05, 3.63) is 30.5 Å². The van der Waals surface area contributed by atoms with Crippen LogP contribution in [0.15, 0.2) is 30.5 Å². The number of pyridine rings is 1. The standard InChI is InChI=1S/C16H21ClN2O/c1-12(11-17)4-3-8-18-16-15-10-14(20-2)6-5-13(15)7-9-19-16/h5-7,9-10,12H,3-4,8,11H2,1-2H3,(H,18,19). The Balaban J connectivity index is 2.05. The number of methoxy groups -OCH3 is 1. The van der Waals surface area contributed by atoms with Crippen LogP contribution in [0.5, 0.6) is 5.75 Å². The van der Waals surface area contributed by atoms with Gasteiger partial charge in [-0.05, 0) is 42.3 Å². The minimum absolute atomic E-state index is 0.569. The van der Waals surface area contributed by atoms with Crippen LogP contribution in [0.3, 0.4) is 0 Å². The molecular weight excluding hydrogens is 272 g/mol.